The summed E-state index contributed by atoms with van der Waals surface area (Å²) >= 11 is 0. The Balaban J connectivity index is 2.50. The molecule has 0 radical (unpaired) electrons. The van der Waals surface area contributed by atoms with Gasteiger partial charge in [0.1, 0.15) is 5.75 Å². The van der Waals surface area contributed by atoms with Gasteiger partial charge in [-0.25, -0.2) is 0 Å². The number of hydrogen-bond acceptors (Lipinski definition) is 4. The normalized spacial score (nSPS) is 14.6. The molecule has 0 saturated carbocycles. The number of nitrogens with zero attached hydrogens (tertiary/aromatic N) is 1. The lowest BCUT2D eigenvalue weighted by molar-refractivity contribution is 0.111. The molecule has 0 saturated heterocycles. The van der Waals surface area contributed by atoms with Crippen LogP contribution in [0.4, 0.5) is 0 Å². The van der Waals surface area contributed by atoms with E-state index in [1.807, 2.05) is 36.2 Å². The predicted octanol–water partition coefficient (Wildman–Crippen LogP) is 1.43. The smallest absolute Gasteiger partial charge is 0.119 e. The highest BCUT2D eigenvalue weighted by Gasteiger charge is 2.11. The number of aliphatic hydroxyl groups excluding tert-OH is 2. The maximum atomic E-state index is 10.1. The van der Waals surface area contributed by atoms with Crippen LogP contribution >= 0.6 is 0 Å². The van der Waals surface area contributed by atoms with Crippen molar-refractivity contribution in [3.05, 3.63) is 29.8 Å². The van der Waals surface area contributed by atoms with E-state index in [1.165, 1.54) is 0 Å². The van der Waals surface area contributed by atoms with Gasteiger partial charge in [0.25, 0.3) is 0 Å². The third-order valence-corrected chi connectivity index (χ3v) is 2.89. The predicted molar refractivity (Wildman–Crippen MR) is 71.7 cm³/mol. The Morgan fingerprint density at radius 3 is 2.67 bits per heavy atom. The van der Waals surface area contributed by atoms with Crippen molar-refractivity contribution in [2.75, 3.05) is 27.2 Å². The van der Waals surface area contributed by atoms with Crippen LogP contribution in [0.1, 0.15) is 25.0 Å². The molecular formula is C14H23NO3. The Morgan fingerprint density at radius 2 is 2.06 bits per heavy atom. The molecule has 2 N–H and O–H groups in total. The standard InChI is InChI=1S/C14H23NO3/c1-11(16)7-8-15(2)10-14(17)12-5-4-6-13(9-12)18-3/h4-6,9,11,14,16-17H,7-8,10H2,1-3H3. The molecule has 2 atom stereocenters. The molecule has 0 aliphatic heterocycles. The average Bonchev–Trinajstić information content (AvgIpc) is 2.36. The summed E-state index contributed by atoms with van der Waals surface area (Å²) in [4.78, 5) is 2.01. The van der Waals surface area contributed by atoms with Gasteiger partial charge in [0.2, 0.25) is 0 Å². The summed E-state index contributed by atoms with van der Waals surface area (Å²) in [6.45, 7) is 3.07. The van der Waals surface area contributed by atoms with E-state index in [0.29, 0.717) is 13.0 Å². The van der Waals surface area contributed by atoms with Gasteiger partial charge < -0.3 is 19.8 Å². The van der Waals surface area contributed by atoms with Gasteiger partial charge in [0, 0.05) is 13.1 Å². The molecule has 0 heterocycles. The maximum Gasteiger partial charge on any atom is 0.119 e. The average molecular weight is 253 g/mol. The maximum absolute atomic E-state index is 10.1. The molecule has 1 aromatic rings. The topological polar surface area (TPSA) is 52.9 Å². The minimum atomic E-state index is -0.543. The Morgan fingerprint density at radius 1 is 1.33 bits per heavy atom. The minimum Gasteiger partial charge on any atom is -0.497 e. The van der Waals surface area contributed by atoms with E-state index in [0.717, 1.165) is 17.9 Å². The SMILES string of the molecule is COc1cccc(C(O)CN(C)CCC(C)O)c1. The lowest BCUT2D eigenvalue weighted by Gasteiger charge is -2.21. The molecule has 102 valence electrons. The van der Waals surface area contributed by atoms with E-state index in [2.05, 4.69) is 0 Å². The van der Waals surface area contributed by atoms with Gasteiger partial charge in [0.15, 0.2) is 0 Å². The molecule has 0 aliphatic rings. The fraction of sp³-hybridized carbons (Fsp3) is 0.571. The van der Waals surface area contributed by atoms with Crippen LogP contribution in [0.3, 0.4) is 0 Å². The highest BCUT2D eigenvalue weighted by atomic mass is 16.5. The van der Waals surface area contributed by atoms with E-state index in [4.69, 9.17) is 4.74 Å². The molecule has 4 heteroatoms. The number of rotatable bonds is 7. The van der Waals surface area contributed by atoms with E-state index < -0.39 is 6.10 Å². The first-order valence-corrected chi connectivity index (χ1v) is 6.21. The second-order valence-electron chi connectivity index (χ2n) is 4.69. The Labute approximate surface area is 109 Å². The molecule has 1 rings (SSSR count). The number of methoxy groups -OCH3 is 1. The highest BCUT2D eigenvalue weighted by molar-refractivity contribution is 5.29. The van der Waals surface area contributed by atoms with Gasteiger partial charge >= 0.3 is 0 Å². The zero-order chi connectivity index (χ0) is 13.5. The molecule has 0 spiro atoms. The molecular weight excluding hydrogens is 230 g/mol. The molecule has 0 aliphatic carbocycles. The second-order valence-corrected chi connectivity index (χ2v) is 4.69. The fourth-order valence-electron chi connectivity index (χ4n) is 1.75. The van der Waals surface area contributed by atoms with Crippen LogP contribution in [0, 0.1) is 0 Å². The Hall–Kier alpha value is -1.10. The van der Waals surface area contributed by atoms with Gasteiger partial charge in [-0.2, -0.15) is 0 Å². The number of likely N-dealkylation sites (N-methyl/N-ethyl adjacent to an activating group) is 1. The molecule has 4 nitrogen and oxygen atoms in total. The highest BCUT2D eigenvalue weighted by Crippen LogP contribution is 2.19. The molecule has 18 heavy (non-hydrogen) atoms. The van der Waals surface area contributed by atoms with Crippen LogP contribution in [0.5, 0.6) is 5.75 Å². The summed E-state index contributed by atoms with van der Waals surface area (Å²) in [5.74, 6) is 0.748. The van der Waals surface area contributed by atoms with Crippen molar-refractivity contribution < 1.29 is 14.9 Å². The van der Waals surface area contributed by atoms with Crippen molar-refractivity contribution in [1.29, 1.82) is 0 Å². The minimum absolute atomic E-state index is 0.304. The van der Waals surface area contributed by atoms with Crippen LogP contribution < -0.4 is 4.74 Å². The number of hydrogen-bond donors (Lipinski definition) is 2. The van der Waals surface area contributed by atoms with E-state index in [1.54, 1.807) is 14.0 Å². The summed E-state index contributed by atoms with van der Waals surface area (Å²) in [5.41, 5.74) is 0.846. The van der Waals surface area contributed by atoms with Crippen LogP contribution in [0.25, 0.3) is 0 Å². The first-order chi connectivity index (χ1) is 8.52. The quantitative estimate of drug-likeness (QED) is 0.772. The molecule has 0 aromatic heterocycles. The first kappa shape index (κ1) is 15.0. The Bertz CT molecular complexity index is 355. The van der Waals surface area contributed by atoms with Crippen LogP contribution in [-0.4, -0.2) is 48.5 Å². The van der Waals surface area contributed by atoms with Gasteiger partial charge in [-0.05, 0) is 38.1 Å². The zero-order valence-corrected chi connectivity index (χ0v) is 11.3. The summed E-state index contributed by atoms with van der Waals surface area (Å²) in [5, 5.41) is 19.3. The van der Waals surface area contributed by atoms with Gasteiger partial charge in [0.05, 0.1) is 19.3 Å². The van der Waals surface area contributed by atoms with Gasteiger partial charge in [-0.1, -0.05) is 12.1 Å². The summed E-state index contributed by atoms with van der Waals surface area (Å²) in [7, 11) is 3.55. The number of ether oxygens (including phenoxy) is 1. The zero-order valence-electron chi connectivity index (χ0n) is 11.3. The molecule has 0 amide bonds. The van der Waals surface area contributed by atoms with Crippen LogP contribution in [-0.2, 0) is 0 Å². The van der Waals surface area contributed by atoms with Crippen molar-refractivity contribution in [3.8, 4) is 5.75 Å². The van der Waals surface area contributed by atoms with Crippen molar-refractivity contribution >= 4 is 0 Å². The Kier molecular flexibility index (Phi) is 6.12. The van der Waals surface area contributed by atoms with Crippen molar-refractivity contribution in [2.24, 2.45) is 0 Å². The van der Waals surface area contributed by atoms with Gasteiger partial charge in [-0.15, -0.1) is 0 Å². The van der Waals surface area contributed by atoms with E-state index in [-0.39, 0.29) is 6.10 Å². The van der Waals surface area contributed by atoms with E-state index >= 15 is 0 Å². The van der Waals surface area contributed by atoms with Crippen LogP contribution in [0.15, 0.2) is 24.3 Å². The molecule has 0 fully saturated rings. The number of aliphatic hydroxyl groups is 2. The third-order valence-electron chi connectivity index (χ3n) is 2.89. The third kappa shape index (κ3) is 5.04. The van der Waals surface area contributed by atoms with Crippen molar-refractivity contribution in [1.82, 2.24) is 4.90 Å². The molecule has 0 bridgehead atoms. The molecule has 2 unspecified atom stereocenters. The van der Waals surface area contributed by atoms with Crippen molar-refractivity contribution in [2.45, 2.75) is 25.6 Å². The monoisotopic (exact) mass is 253 g/mol. The second kappa shape index (κ2) is 7.36. The lowest BCUT2D eigenvalue weighted by Crippen LogP contribution is -2.27. The largest absolute Gasteiger partial charge is 0.497 e. The summed E-state index contributed by atoms with van der Waals surface area (Å²) in [6, 6.07) is 7.45. The number of benzene rings is 1. The fourth-order valence-corrected chi connectivity index (χ4v) is 1.75. The van der Waals surface area contributed by atoms with Crippen molar-refractivity contribution in [3.63, 3.8) is 0 Å². The first-order valence-electron chi connectivity index (χ1n) is 6.21. The van der Waals surface area contributed by atoms with Crippen LogP contribution in [0.2, 0.25) is 0 Å². The van der Waals surface area contributed by atoms with Gasteiger partial charge in [-0.3, -0.25) is 0 Å². The lowest BCUT2D eigenvalue weighted by atomic mass is 10.1. The summed E-state index contributed by atoms with van der Waals surface area (Å²) < 4.78 is 5.13. The van der Waals surface area contributed by atoms with E-state index in [9.17, 15) is 10.2 Å². The summed E-state index contributed by atoms with van der Waals surface area (Å²) in [6.07, 6.45) is -0.137. The molecule has 1 aromatic carbocycles.